The van der Waals surface area contributed by atoms with Crippen LogP contribution in [0.5, 0.6) is 5.75 Å². The maximum absolute atomic E-state index is 12.2. The Labute approximate surface area is 166 Å². The molecule has 150 valence electrons. The van der Waals surface area contributed by atoms with Gasteiger partial charge in [0.05, 0.1) is 20.1 Å². The smallest absolute Gasteiger partial charge is 0.257 e. The van der Waals surface area contributed by atoms with E-state index in [0.717, 1.165) is 11.4 Å². The molecule has 0 saturated carbocycles. The van der Waals surface area contributed by atoms with Gasteiger partial charge in [-0.15, -0.1) is 11.3 Å². The van der Waals surface area contributed by atoms with E-state index >= 15 is 0 Å². The molecule has 0 atom stereocenters. The van der Waals surface area contributed by atoms with Crippen molar-refractivity contribution < 1.29 is 19.1 Å². The number of rotatable bonds is 9. The van der Waals surface area contributed by atoms with E-state index in [9.17, 15) is 14.4 Å². The molecule has 1 heterocycles. The van der Waals surface area contributed by atoms with Gasteiger partial charge in [0.25, 0.3) is 5.91 Å². The van der Waals surface area contributed by atoms with E-state index in [1.54, 1.807) is 36.3 Å². The average Bonchev–Trinajstić information content (AvgIpc) is 3.08. The Morgan fingerprint density at radius 1 is 1.18 bits per heavy atom. The lowest BCUT2D eigenvalue weighted by Gasteiger charge is -2.24. The lowest BCUT2D eigenvalue weighted by molar-refractivity contribution is -0.127. The van der Waals surface area contributed by atoms with E-state index in [-0.39, 0.29) is 31.8 Å². The number of carbonyl (C=O) groups excluding carboxylic acids is 3. The molecule has 0 unspecified atom stereocenters. The van der Waals surface area contributed by atoms with E-state index in [4.69, 9.17) is 10.5 Å². The van der Waals surface area contributed by atoms with Crippen LogP contribution in [0.1, 0.15) is 17.1 Å². The maximum atomic E-state index is 12.2. The lowest BCUT2D eigenvalue weighted by Crippen LogP contribution is -2.47. The highest BCUT2D eigenvalue weighted by Crippen LogP contribution is 2.19. The van der Waals surface area contributed by atoms with Gasteiger partial charge in [0.15, 0.2) is 0 Å². The van der Waals surface area contributed by atoms with Crippen LogP contribution in [0.3, 0.4) is 0 Å². The Balaban J connectivity index is 1.90. The molecule has 0 aliphatic carbocycles. The van der Waals surface area contributed by atoms with Gasteiger partial charge >= 0.3 is 0 Å². The third-order valence-corrected chi connectivity index (χ3v) is 4.69. The van der Waals surface area contributed by atoms with E-state index in [0.29, 0.717) is 10.8 Å². The number of nitrogens with one attached hydrogen (secondary N) is 2. The van der Waals surface area contributed by atoms with Gasteiger partial charge in [0.2, 0.25) is 11.8 Å². The number of methoxy groups -OCH3 is 1. The Morgan fingerprint density at radius 2 is 1.86 bits per heavy atom. The molecular weight excluding hydrogens is 382 g/mol. The van der Waals surface area contributed by atoms with Crippen molar-refractivity contribution in [2.24, 2.45) is 5.73 Å². The molecule has 1 aromatic heterocycles. The molecule has 0 saturated heterocycles. The van der Waals surface area contributed by atoms with Gasteiger partial charge < -0.3 is 15.4 Å². The number of ether oxygens (including phenoxy) is 1. The third kappa shape index (κ3) is 6.88. The summed E-state index contributed by atoms with van der Waals surface area (Å²) < 4.78 is 5.12. The quantitative estimate of drug-likeness (QED) is 0.523. The Bertz CT molecular complexity index is 822. The van der Waals surface area contributed by atoms with Crippen LogP contribution in [0, 0.1) is 6.92 Å². The van der Waals surface area contributed by atoms with Gasteiger partial charge in [0, 0.05) is 29.7 Å². The molecule has 10 heteroatoms. The van der Waals surface area contributed by atoms with Crippen molar-refractivity contribution in [2.75, 3.05) is 25.1 Å². The van der Waals surface area contributed by atoms with Crippen molar-refractivity contribution in [3.05, 3.63) is 40.3 Å². The van der Waals surface area contributed by atoms with Crippen molar-refractivity contribution in [3.8, 4) is 5.75 Å². The standard InChI is InChI=1S/C18H23N5O4S/c1-12-11-28-18(20-12)9-16(25)21-22-17(26)10-23(8-7-15(19)24)13-3-5-14(27-2)6-4-13/h3-6,11H,7-10H2,1-2H3,(H2,19,24)(H,21,25)(H,22,26). The van der Waals surface area contributed by atoms with Crippen LogP contribution in [-0.2, 0) is 20.8 Å². The minimum absolute atomic E-state index is 0.0593. The van der Waals surface area contributed by atoms with Crippen LogP contribution in [-0.4, -0.2) is 42.9 Å². The summed E-state index contributed by atoms with van der Waals surface area (Å²) in [6.07, 6.45) is 0.178. The SMILES string of the molecule is COc1ccc(N(CCC(N)=O)CC(=O)NNC(=O)Cc2nc(C)cs2)cc1. The van der Waals surface area contributed by atoms with Crippen LogP contribution in [0.2, 0.25) is 0 Å². The number of benzene rings is 1. The number of nitrogens with two attached hydrogens (primary N) is 1. The van der Waals surface area contributed by atoms with Crippen LogP contribution in [0.4, 0.5) is 5.69 Å². The number of primary amides is 1. The summed E-state index contributed by atoms with van der Waals surface area (Å²) in [6, 6.07) is 7.05. The molecule has 3 amide bonds. The van der Waals surface area contributed by atoms with Gasteiger partial charge in [-0.05, 0) is 31.2 Å². The molecule has 0 bridgehead atoms. The maximum Gasteiger partial charge on any atom is 0.257 e. The molecule has 28 heavy (non-hydrogen) atoms. The van der Waals surface area contributed by atoms with Crippen LogP contribution in [0.15, 0.2) is 29.6 Å². The van der Waals surface area contributed by atoms with Crippen molar-refractivity contribution in [3.63, 3.8) is 0 Å². The molecule has 0 aliphatic heterocycles. The number of aromatic nitrogens is 1. The fourth-order valence-corrected chi connectivity index (χ4v) is 3.13. The predicted octanol–water partition coefficient (Wildman–Crippen LogP) is 0.532. The van der Waals surface area contributed by atoms with E-state index in [1.165, 1.54) is 11.3 Å². The number of aryl methyl sites for hydroxylation is 1. The first-order chi connectivity index (χ1) is 13.4. The molecule has 9 nitrogen and oxygen atoms in total. The number of hydrogen-bond acceptors (Lipinski definition) is 7. The largest absolute Gasteiger partial charge is 0.497 e. The third-order valence-electron chi connectivity index (χ3n) is 3.72. The summed E-state index contributed by atoms with van der Waals surface area (Å²) in [7, 11) is 1.56. The fraction of sp³-hybridized carbons (Fsp3) is 0.333. The molecule has 0 spiro atoms. The van der Waals surface area contributed by atoms with Crippen molar-refractivity contribution >= 4 is 34.7 Å². The Morgan fingerprint density at radius 3 is 2.43 bits per heavy atom. The molecule has 0 aliphatic rings. The van der Waals surface area contributed by atoms with E-state index < -0.39 is 11.8 Å². The van der Waals surface area contributed by atoms with Crippen LogP contribution < -0.4 is 26.2 Å². The number of nitrogens with zero attached hydrogens (tertiary/aromatic N) is 2. The summed E-state index contributed by atoms with van der Waals surface area (Å²) in [4.78, 5) is 41.2. The van der Waals surface area contributed by atoms with E-state index in [2.05, 4.69) is 15.8 Å². The second-order valence-electron chi connectivity index (χ2n) is 5.99. The van der Waals surface area contributed by atoms with Gasteiger partial charge in [-0.2, -0.15) is 0 Å². The predicted molar refractivity (Wildman–Crippen MR) is 106 cm³/mol. The lowest BCUT2D eigenvalue weighted by atomic mass is 10.2. The number of thiazole rings is 1. The topological polar surface area (TPSA) is 127 Å². The summed E-state index contributed by atoms with van der Waals surface area (Å²) in [6.45, 7) is 2.05. The van der Waals surface area contributed by atoms with Gasteiger partial charge in [0.1, 0.15) is 10.8 Å². The molecule has 2 rings (SSSR count). The van der Waals surface area contributed by atoms with Gasteiger partial charge in [-0.25, -0.2) is 4.98 Å². The minimum atomic E-state index is -0.467. The zero-order chi connectivity index (χ0) is 20.5. The number of carbonyl (C=O) groups is 3. The molecular formula is C18H23N5O4S. The zero-order valence-corrected chi connectivity index (χ0v) is 16.5. The molecule has 0 radical (unpaired) electrons. The Hall–Kier alpha value is -3.14. The van der Waals surface area contributed by atoms with Crippen LogP contribution in [0.25, 0.3) is 0 Å². The first-order valence-corrected chi connectivity index (χ1v) is 9.41. The number of anilines is 1. The van der Waals surface area contributed by atoms with E-state index in [1.807, 2.05) is 12.3 Å². The minimum Gasteiger partial charge on any atom is -0.497 e. The highest BCUT2D eigenvalue weighted by atomic mass is 32.1. The summed E-state index contributed by atoms with van der Waals surface area (Å²) in [5, 5.41) is 2.53. The highest BCUT2D eigenvalue weighted by molar-refractivity contribution is 7.09. The molecule has 1 aromatic carbocycles. The molecule has 4 N–H and O–H groups in total. The second-order valence-corrected chi connectivity index (χ2v) is 6.93. The van der Waals surface area contributed by atoms with Crippen molar-refractivity contribution in [1.29, 1.82) is 0 Å². The fourth-order valence-electron chi connectivity index (χ4n) is 2.36. The number of hydrogen-bond donors (Lipinski definition) is 3. The highest BCUT2D eigenvalue weighted by Gasteiger charge is 2.14. The molecule has 2 aromatic rings. The zero-order valence-electron chi connectivity index (χ0n) is 15.7. The normalized spacial score (nSPS) is 10.2. The Kier molecular flexibility index (Phi) is 7.76. The average molecular weight is 405 g/mol. The monoisotopic (exact) mass is 405 g/mol. The van der Waals surface area contributed by atoms with Crippen molar-refractivity contribution in [1.82, 2.24) is 15.8 Å². The van der Waals surface area contributed by atoms with Crippen LogP contribution >= 0.6 is 11.3 Å². The van der Waals surface area contributed by atoms with Crippen molar-refractivity contribution in [2.45, 2.75) is 19.8 Å². The molecule has 0 fully saturated rings. The number of hydrazine groups is 1. The summed E-state index contributed by atoms with van der Waals surface area (Å²) in [5.41, 5.74) is 11.5. The van der Waals surface area contributed by atoms with Gasteiger partial charge in [-0.3, -0.25) is 25.2 Å². The summed E-state index contributed by atoms with van der Waals surface area (Å²) in [5.74, 6) is -0.585. The van der Waals surface area contributed by atoms with Gasteiger partial charge in [-0.1, -0.05) is 0 Å². The number of amides is 3. The first-order valence-electron chi connectivity index (χ1n) is 8.53. The summed E-state index contributed by atoms with van der Waals surface area (Å²) >= 11 is 1.39. The second kappa shape index (κ2) is 10.3. The first kappa shape index (κ1) is 21.2.